The molecule has 0 atom stereocenters. The first-order valence-corrected chi connectivity index (χ1v) is 10.3. The van der Waals surface area contributed by atoms with E-state index >= 15 is 0 Å². The van der Waals surface area contributed by atoms with Gasteiger partial charge in [0.05, 0.1) is 12.8 Å². The molecule has 0 saturated carbocycles. The molecule has 0 bridgehead atoms. The summed E-state index contributed by atoms with van der Waals surface area (Å²) in [5.74, 6) is 0.532. The summed E-state index contributed by atoms with van der Waals surface area (Å²) in [7, 11) is 0. The molecular formula is C22H27BrN2O2. The lowest BCUT2D eigenvalue weighted by molar-refractivity contribution is 0.0955. The van der Waals surface area contributed by atoms with Crippen molar-refractivity contribution in [3.05, 3.63) is 64.1 Å². The van der Waals surface area contributed by atoms with Gasteiger partial charge in [-0.1, -0.05) is 73.2 Å². The molecule has 0 radical (unpaired) electrons. The first-order valence-electron chi connectivity index (χ1n) is 9.51. The van der Waals surface area contributed by atoms with E-state index in [0.717, 1.165) is 22.2 Å². The number of carbonyl (C=O) groups excluding carboxylic acids is 1. The summed E-state index contributed by atoms with van der Waals surface area (Å²) in [6, 6.07) is 14.9. The molecule has 1 amide bonds. The average Bonchev–Trinajstić information content (AvgIpc) is 2.68. The van der Waals surface area contributed by atoms with Crippen LogP contribution in [0.2, 0.25) is 0 Å². The van der Waals surface area contributed by atoms with Crippen molar-refractivity contribution >= 4 is 28.1 Å². The van der Waals surface area contributed by atoms with Gasteiger partial charge in [-0.3, -0.25) is 4.79 Å². The molecule has 144 valence electrons. The summed E-state index contributed by atoms with van der Waals surface area (Å²) in [6.07, 6.45) is 9.01. The Bertz CT molecular complexity index is 747. The molecule has 0 aliphatic carbocycles. The van der Waals surface area contributed by atoms with E-state index in [-0.39, 0.29) is 5.91 Å². The standard InChI is InChI=1S/C22H27BrN2O2/c1-2-3-4-5-6-9-15-27-21-14-8-7-11-19(21)17-24-25-22(26)18-12-10-13-20(23)16-18/h7-8,10-14,16-17H,2-6,9,15H2,1H3,(H,25,26). The second kappa shape index (κ2) is 12.3. The zero-order valence-electron chi connectivity index (χ0n) is 15.8. The molecule has 0 aromatic heterocycles. The zero-order chi connectivity index (χ0) is 19.3. The largest absolute Gasteiger partial charge is 0.493 e. The molecule has 27 heavy (non-hydrogen) atoms. The van der Waals surface area contributed by atoms with Crippen LogP contribution in [0, 0.1) is 0 Å². The number of halogens is 1. The maximum absolute atomic E-state index is 12.1. The van der Waals surface area contributed by atoms with E-state index in [0.29, 0.717) is 12.2 Å². The summed E-state index contributed by atoms with van der Waals surface area (Å²) < 4.78 is 6.75. The molecule has 0 saturated heterocycles. The van der Waals surface area contributed by atoms with E-state index in [1.54, 1.807) is 18.3 Å². The van der Waals surface area contributed by atoms with Gasteiger partial charge in [0.25, 0.3) is 5.91 Å². The molecule has 0 fully saturated rings. The van der Waals surface area contributed by atoms with E-state index < -0.39 is 0 Å². The molecule has 0 aliphatic rings. The fourth-order valence-electron chi connectivity index (χ4n) is 2.64. The lowest BCUT2D eigenvalue weighted by Gasteiger charge is -2.09. The number of hydrogen-bond acceptors (Lipinski definition) is 3. The minimum absolute atomic E-state index is 0.252. The maximum Gasteiger partial charge on any atom is 0.271 e. The lowest BCUT2D eigenvalue weighted by atomic mass is 10.1. The Kier molecular flexibility index (Phi) is 9.63. The molecule has 1 N–H and O–H groups in total. The van der Waals surface area contributed by atoms with Crippen LogP contribution in [0.1, 0.15) is 61.4 Å². The van der Waals surface area contributed by atoms with Gasteiger partial charge in [-0.25, -0.2) is 5.43 Å². The first-order chi connectivity index (χ1) is 13.2. The van der Waals surface area contributed by atoms with Crippen LogP contribution in [-0.2, 0) is 0 Å². The van der Waals surface area contributed by atoms with Crippen molar-refractivity contribution in [3.63, 3.8) is 0 Å². The highest BCUT2D eigenvalue weighted by atomic mass is 79.9. The van der Waals surface area contributed by atoms with Gasteiger partial charge in [-0.2, -0.15) is 5.10 Å². The number of ether oxygens (including phenoxy) is 1. The third-order valence-corrected chi connectivity index (χ3v) is 4.62. The van der Waals surface area contributed by atoms with Crippen molar-refractivity contribution in [1.82, 2.24) is 5.43 Å². The Hall–Kier alpha value is -2.14. The van der Waals surface area contributed by atoms with E-state index in [2.05, 4.69) is 33.4 Å². The molecule has 0 aliphatic heterocycles. The molecule has 0 spiro atoms. The van der Waals surface area contributed by atoms with Crippen LogP contribution in [0.15, 0.2) is 58.1 Å². The number of benzene rings is 2. The molecule has 4 nitrogen and oxygen atoms in total. The number of para-hydroxylation sites is 1. The number of carbonyl (C=O) groups is 1. The maximum atomic E-state index is 12.1. The van der Waals surface area contributed by atoms with Crippen LogP contribution in [0.5, 0.6) is 5.75 Å². The van der Waals surface area contributed by atoms with Gasteiger partial charge >= 0.3 is 0 Å². The number of nitrogens with zero attached hydrogens (tertiary/aromatic N) is 1. The van der Waals surface area contributed by atoms with E-state index in [4.69, 9.17) is 4.74 Å². The SMILES string of the molecule is CCCCCCCCOc1ccccc1C=NNC(=O)c1cccc(Br)c1. The number of rotatable bonds is 11. The van der Waals surface area contributed by atoms with Crippen molar-refractivity contribution < 1.29 is 9.53 Å². The number of hydrazone groups is 1. The number of unbranched alkanes of at least 4 members (excludes halogenated alkanes) is 5. The summed E-state index contributed by atoms with van der Waals surface area (Å²) in [5.41, 5.74) is 3.95. The molecular weight excluding hydrogens is 404 g/mol. The molecule has 0 unspecified atom stereocenters. The Balaban J connectivity index is 1.82. The molecule has 2 aromatic rings. The summed E-state index contributed by atoms with van der Waals surface area (Å²) in [6.45, 7) is 2.92. The Morgan fingerprint density at radius 1 is 1.07 bits per heavy atom. The van der Waals surface area contributed by atoms with Gasteiger partial charge in [-0.05, 0) is 36.8 Å². The highest BCUT2D eigenvalue weighted by Crippen LogP contribution is 2.17. The second-order valence-electron chi connectivity index (χ2n) is 6.36. The lowest BCUT2D eigenvalue weighted by Crippen LogP contribution is -2.17. The van der Waals surface area contributed by atoms with Crippen molar-refractivity contribution in [2.24, 2.45) is 5.10 Å². The Morgan fingerprint density at radius 3 is 2.67 bits per heavy atom. The molecule has 2 aromatic carbocycles. The van der Waals surface area contributed by atoms with Crippen molar-refractivity contribution in [2.75, 3.05) is 6.61 Å². The fourth-order valence-corrected chi connectivity index (χ4v) is 3.04. The minimum Gasteiger partial charge on any atom is -0.493 e. The molecule has 5 heteroatoms. The summed E-state index contributed by atoms with van der Waals surface area (Å²) >= 11 is 3.36. The van der Waals surface area contributed by atoms with Gasteiger partial charge in [0.1, 0.15) is 5.75 Å². The number of nitrogens with one attached hydrogen (secondary N) is 1. The van der Waals surface area contributed by atoms with E-state index in [1.165, 1.54) is 32.1 Å². The monoisotopic (exact) mass is 430 g/mol. The predicted molar refractivity (Wildman–Crippen MR) is 115 cm³/mol. The van der Waals surface area contributed by atoms with Gasteiger partial charge in [0, 0.05) is 15.6 Å². The van der Waals surface area contributed by atoms with E-state index in [9.17, 15) is 4.79 Å². The topological polar surface area (TPSA) is 50.7 Å². The Morgan fingerprint density at radius 2 is 1.85 bits per heavy atom. The van der Waals surface area contributed by atoms with Gasteiger partial charge in [0.15, 0.2) is 0 Å². The molecule has 2 rings (SSSR count). The Labute approximate surface area is 170 Å². The minimum atomic E-state index is -0.252. The van der Waals surface area contributed by atoms with Crippen LogP contribution in [0.25, 0.3) is 0 Å². The highest BCUT2D eigenvalue weighted by molar-refractivity contribution is 9.10. The van der Waals surface area contributed by atoms with Crippen LogP contribution in [0.3, 0.4) is 0 Å². The normalized spacial score (nSPS) is 10.9. The van der Waals surface area contributed by atoms with Crippen LogP contribution >= 0.6 is 15.9 Å². The average molecular weight is 431 g/mol. The van der Waals surface area contributed by atoms with Gasteiger partial charge in [0.2, 0.25) is 0 Å². The van der Waals surface area contributed by atoms with Gasteiger partial charge < -0.3 is 4.74 Å². The third-order valence-electron chi connectivity index (χ3n) is 4.13. The predicted octanol–water partition coefficient (Wildman–Crippen LogP) is 5.95. The van der Waals surface area contributed by atoms with E-state index in [1.807, 2.05) is 36.4 Å². The fraction of sp³-hybridized carbons (Fsp3) is 0.364. The zero-order valence-corrected chi connectivity index (χ0v) is 17.4. The second-order valence-corrected chi connectivity index (χ2v) is 7.28. The van der Waals surface area contributed by atoms with Crippen molar-refractivity contribution in [1.29, 1.82) is 0 Å². The number of hydrogen-bond donors (Lipinski definition) is 1. The van der Waals surface area contributed by atoms with Crippen LogP contribution in [0.4, 0.5) is 0 Å². The number of amides is 1. The summed E-state index contributed by atoms with van der Waals surface area (Å²) in [4.78, 5) is 12.1. The third kappa shape index (κ3) is 7.95. The first kappa shape index (κ1) is 21.2. The highest BCUT2D eigenvalue weighted by Gasteiger charge is 2.05. The summed E-state index contributed by atoms with van der Waals surface area (Å²) in [5, 5.41) is 4.07. The van der Waals surface area contributed by atoms with Crippen molar-refractivity contribution in [3.8, 4) is 5.75 Å². The van der Waals surface area contributed by atoms with Gasteiger partial charge in [-0.15, -0.1) is 0 Å². The smallest absolute Gasteiger partial charge is 0.271 e. The van der Waals surface area contributed by atoms with Crippen LogP contribution in [-0.4, -0.2) is 18.7 Å². The molecule has 0 heterocycles. The quantitative estimate of drug-likeness (QED) is 0.271. The van der Waals surface area contributed by atoms with Crippen LogP contribution < -0.4 is 10.2 Å². The van der Waals surface area contributed by atoms with Crippen molar-refractivity contribution in [2.45, 2.75) is 45.4 Å².